The number of allylic oxidation sites excluding steroid dienone is 3. The zero-order chi connectivity index (χ0) is 37.2. The van der Waals surface area contributed by atoms with E-state index in [-0.39, 0.29) is 52.1 Å². The highest BCUT2D eigenvalue weighted by Gasteiger charge is 2.31. The zero-order valence-electron chi connectivity index (χ0n) is 28.2. The van der Waals surface area contributed by atoms with Crippen molar-refractivity contribution in [1.82, 2.24) is 0 Å². The molecule has 1 fully saturated rings. The smallest absolute Gasteiger partial charge is 0.428 e. The average molecular weight is 762 g/mol. The van der Waals surface area contributed by atoms with Crippen LogP contribution in [0.2, 0.25) is 0 Å². The Morgan fingerprint density at radius 3 is 2.30 bits per heavy atom. The van der Waals surface area contributed by atoms with Crippen molar-refractivity contribution in [2.75, 3.05) is 17.2 Å². The van der Waals surface area contributed by atoms with E-state index in [4.69, 9.17) is 42.6 Å². The van der Waals surface area contributed by atoms with Crippen molar-refractivity contribution in [3.05, 3.63) is 75.3 Å². The fraction of sp³-hybridized carbons (Fsp3) is 0.441. The van der Waals surface area contributed by atoms with Crippen LogP contribution in [0.15, 0.2) is 69.3 Å². The van der Waals surface area contributed by atoms with Crippen molar-refractivity contribution in [2.24, 2.45) is 11.1 Å². The topological polar surface area (TPSA) is 141 Å². The number of halogens is 4. The molecule has 0 radical (unpaired) electrons. The van der Waals surface area contributed by atoms with Gasteiger partial charge in [-0.15, -0.1) is 0 Å². The first-order chi connectivity index (χ1) is 23.4. The fourth-order valence-electron chi connectivity index (χ4n) is 4.55. The Kier molecular flexibility index (Phi) is 14.5. The molecule has 3 rings (SSSR count). The molecule has 1 N–H and O–H groups in total. The Morgan fingerprint density at radius 1 is 1.10 bits per heavy atom. The van der Waals surface area contributed by atoms with Gasteiger partial charge in [-0.25, -0.2) is 13.2 Å². The second-order valence-electron chi connectivity index (χ2n) is 12.4. The SMILES string of the molecule is C\C=C(Cl)/C(C[C@H](OC(=O)CCc1ccc(N(C(=O)OC(C)(C)C)S(C)(=O)=O)cc1)c1ccc(OC(F)F)c(OCC2CC2)c1)=C(Cl)\C=N\O. The Balaban J connectivity index is 1.87. The molecule has 2 aromatic rings. The lowest BCUT2D eigenvalue weighted by molar-refractivity contribution is -0.149. The number of carbonyl (C=O) groups is 2. The second-order valence-corrected chi connectivity index (χ2v) is 15.0. The van der Waals surface area contributed by atoms with E-state index in [1.807, 2.05) is 0 Å². The molecular formula is C34H40Cl2F2N2O9S. The Bertz CT molecular complexity index is 1710. The van der Waals surface area contributed by atoms with Crippen LogP contribution in [0.5, 0.6) is 11.5 Å². The molecule has 0 bridgehead atoms. The van der Waals surface area contributed by atoms with E-state index in [1.54, 1.807) is 45.9 Å². The van der Waals surface area contributed by atoms with Crippen molar-refractivity contribution in [3.63, 3.8) is 0 Å². The van der Waals surface area contributed by atoms with Crippen LogP contribution < -0.4 is 13.8 Å². The molecule has 0 aromatic heterocycles. The molecule has 0 heterocycles. The van der Waals surface area contributed by atoms with Gasteiger partial charge in [0.15, 0.2) is 11.5 Å². The molecule has 0 saturated heterocycles. The lowest BCUT2D eigenvalue weighted by Gasteiger charge is -2.26. The summed E-state index contributed by atoms with van der Waals surface area (Å²) in [6.45, 7) is 3.68. The van der Waals surface area contributed by atoms with Crippen LogP contribution in [-0.4, -0.2) is 57.0 Å². The summed E-state index contributed by atoms with van der Waals surface area (Å²) in [7, 11) is -4.03. The number of rotatable bonds is 16. The predicted octanol–water partition coefficient (Wildman–Crippen LogP) is 8.48. The van der Waals surface area contributed by atoms with Gasteiger partial charge in [0.25, 0.3) is 0 Å². The van der Waals surface area contributed by atoms with Gasteiger partial charge in [0.2, 0.25) is 10.0 Å². The average Bonchev–Trinajstić information content (AvgIpc) is 3.85. The van der Waals surface area contributed by atoms with Gasteiger partial charge in [0, 0.05) is 17.9 Å². The summed E-state index contributed by atoms with van der Waals surface area (Å²) in [5.41, 5.74) is 0.384. The molecule has 0 spiro atoms. The van der Waals surface area contributed by atoms with Crippen molar-refractivity contribution >= 4 is 57.2 Å². The molecule has 1 saturated carbocycles. The zero-order valence-corrected chi connectivity index (χ0v) is 30.5. The van der Waals surface area contributed by atoms with Gasteiger partial charge in [-0.05, 0) is 93.8 Å². The number of carbonyl (C=O) groups excluding carboxylic acids is 2. The number of sulfonamides is 1. The maximum absolute atomic E-state index is 13.3. The van der Waals surface area contributed by atoms with E-state index < -0.39 is 40.4 Å². The Morgan fingerprint density at radius 2 is 1.76 bits per heavy atom. The van der Waals surface area contributed by atoms with E-state index in [1.165, 1.54) is 30.3 Å². The number of benzene rings is 2. The number of hydrogen-bond acceptors (Lipinski definition) is 10. The summed E-state index contributed by atoms with van der Waals surface area (Å²) in [5.74, 6) is -0.503. The number of esters is 1. The lowest BCUT2D eigenvalue weighted by atomic mass is 9.99. The van der Waals surface area contributed by atoms with Crippen molar-refractivity contribution in [2.45, 2.75) is 78.1 Å². The first kappa shape index (κ1) is 40.5. The number of aryl methyl sites for hydroxylation is 1. The van der Waals surface area contributed by atoms with E-state index in [0.29, 0.717) is 28.0 Å². The molecule has 1 amide bonds. The van der Waals surface area contributed by atoms with Gasteiger partial charge in [0.1, 0.15) is 11.7 Å². The third-order valence-electron chi connectivity index (χ3n) is 7.07. The Hall–Kier alpha value is -3.88. The maximum Gasteiger partial charge on any atom is 0.428 e. The first-order valence-electron chi connectivity index (χ1n) is 15.5. The monoisotopic (exact) mass is 760 g/mol. The summed E-state index contributed by atoms with van der Waals surface area (Å²) in [6.07, 6.45) is 3.12. The molecule has 50 heavy (non-hydrogen) atoms. The molecular weight excluding hydrogens is 721 g/mol. The minimum Gasteiger partial charge on any atom is -0.489 e. The van der Waals surface area contributed by atoms with Gasteiger partial charge >= 0.3 is 18.7 Å². The van der Waals surface area contributed by atoms with Crippen LogP contribution >= 0.6 is 23.2 Å². The number of ether oxygens (including phenoxy) is 4. The summed E-state index contributed by atoms with van der Waals surface area (Å²) >= 11 is 12.8. The van der Waals surface area contributed by atoms with Gasteiger partial charge in [-0.2, -0.15) is 13.1 Å². The maximum atomic E-state index is 13.3. The largest absolute Gasteiger partial charge is 0.489 e. The first-order valence-corrected chi connectivity index (χ1v) is 18.1. The van der Waals surface area contributed by atoms with Crippen molar-refractivity contribution in [1.29, 1.82) is 0 Å². The molecule has 11 nitrogen and oxygen atoms in total. The summed E-state index contributed by atoms with van der Waals surface area (Å²) in [5, 5.41) is 12.2. The molecule has 0 unspecified atom stereocenters. The third kappa shape index (κ3) is 12.8. The van der Waals surface area contributed by atoms with Gasteiger partial charge in [-0.1, -0.05) is 52.6 Å². The Labute approximate surface area is 300 Å². The number of nitrogens with zero attached hydrogens (tertiary/aromatic N) is 2. The normalized spacial score (nSPS) is 15.0. The van der Waals surface area contributed by atoms with E-state index in [2.05, 4.69) is 9.89 Å². The highest BCUT2D eigenvalue weighted by atomic mass is 35.5. The number of amides is 1. The van der Waals surface area contributed by atoms with Crippen molar-refractivity contribution in [3.8, 4) is 11.5 Å². The van der Waals surface area contributed by atoms with Gasteiger partial charge in [0.05, 0.1) is 29.8 Å². The van der Waals surface area contributed by atoms with Crippen LogP contribution in [0.1, 0.15) is 70.6 Å². The van der Waals surface area contributed by atoms with Crippen molar-refractivity contribution < 1.29 is 50.9 Å². The van der Waals surface area contributed by atoms with Crippen LogP contribution in [0.25, 0.3) is 0 Å². The standard InChI is InChI=1S/C34H40Cl2F2N2O9S/c1-6-26(35)25(27(36)19-39-43)18-29(23-12-15-28(48-32(37)38)30(17-23)46-20-22-7-8-22)47-31(41)16-11-21-9-13-24(14-10-21)40(50(5,44)45)33(42)49-34(2,3)4/h6,9-10,12-15,17,19,22,29,32,43H,7-8,11,16,18,20H2,1-5H3/b26-6+,27-25+,39-19+/t29-/m0/s1. The van der Waals surface area contributed by atoms with E-state index in [9.17, 15) is 26.8 Å². The molecule has 2 aromatic carbocycles. The predicted molar refractivity (Wildman–Crippen MR) is 186 cm³/mol. The quantitative estimate of drug-likeness (QED) is 0.0586. The second kappa shape index (κ2) is 17.9. The third-order valence-corrected chi connectivity index (χ3v) is 8.87. The molecule has 0 aliphatic heterocycles. The minimum atomic E-state index is -4.03. The molecule has 16 heteroatoms. The fourth-order valence-corrected chi connectivity index (χ4v) is 5.81. The van der Waals surface area contributed by atoms with Crippen LogP contribution in [0, 0.1) is 5.92 Å². The van der Waals surface area contributed by atoms with Gasteiger partial charge in [-0.3, -0.25) is 4.79 Å². The highest BCUT2D eigenvalue weighted by molar-refractivity contribution is 7.92. The van der Waals surface area contributed by atoms with Crippen LogP contribution in [0.3, 0.4) is 0 Å². The molecule has 1 aliphatic rings. The van der Waals surface area contributed by atoms with Crippen LogP contribution in [-0.2, 0) is 30.7 Å². The highest BCUT2D eigenvalue weighted by Crippen LogP contribution is 2.39. The number of oxime groups is 1. The molecule has 1 aliphatic carbocycles. The lowest BCUT2D eigenvalue weighted by Crippen LogP contribution is -2.40. The molecule has 274 valence electrons. The number of hydrogen-bond donors (Lipinski definition) is 1. The summed E-state index contributed by atoms with van der Waals surface area (Å²) in [4.78, 5) is 25.9. The molecule has 1 atom stereocenters. The van der Waals surface area contributed by atoms with Gasteiger partial charge < -0.3 is 24.2 Å². The minimum absolute atomic E-state index is 0.0332. The number of anilines is 1. The summed E-state index contributed by atoms with van der Waals surface area (Å²) in [6, 6.07) is 10.2. The van der Waals surface area contributed by atoms with E-state index >= 15 is 0 Å². The van der Waals surface area contributed by atoms with E-state index in [0.717, 1.165) is 25.3 Å². The number of alkyl halides is 2. The van der Waals surface area contributed by atoms with Crippen LogP contribution in [0.4, 0.5) is 19.3 Å². The summed E-state index contributed by atoms with van der Waals surface area (Å²) < 4.78 is 73.3.